The molecule has 3 rings (SSSR count). The van der Waals surface area contributed by atoms with Gasteiger partial charge in [-0.15, -0.1) is 0 Å². The van der Waals surface area contributed by atoms with Gasteiger partial charge in [-0.25, -0.2) is 10.4 Å². The molecule has 3 aromatic rings. The molecule has 120 valence electrons. The lowest BCUT2D eigenvalue weighted by Gasteiger charge is -2.04. The van der Waals surface area contributed by atoms with Crippen LogP contribution in [0.3, 0.4) is 0 Å². The van der Waals surface area contributed by atoms with Crippen LogP contribution in [0.2, 0.25) is 15.2 Å². The Kier molecular flexibility index (Phi) is 5.00. The number of nitrogens with zero attached hydrogens (tertiary/aromatic N) is 2. The molecule has 0 saturated carbocycles. The summed E-state index contributed by atoms with van der Waals surface area (Å²) in [6.45, 7) is 0. The molecule has 7 heteroatoms. The first-order valence-electron chi connectivity index (χ1n) is 6.88. The first-order valence-corrected chi connectivity index (χ1v) is 8.02. The van der Waals surface area contributed by atoms with Crippen LogP contribution in [-0.2, 0) is 0 Å². The van der Waals surface area contributed by atoms with Crippen molar-refractivity contribution in [2.45, 2.75) is 0 Å². The SMILES string of the molecule is O=C(N/N=C\c1cc2ccccc2nc1Cl)c1ccc(Cl)cc1Cl. The van der Waals surface area contributed by atoms with E-state index in [1.165, 1.54) is 18.3 Å². The zero-order chi connectivity index (χ0) is 17.1. The van der Waals surface area contributed by atoms with Gasteiger partial charge in [-0.3, -0.25) is 4.79 Å². The Morgan fingerprint density at radius 1 is 1.08 bits per heavy atom. The van der Waals surface area contributed by atoms with Gasteiger partial charge in [0.2, 0.25) is 0 Å². The van der Waals surface area contributed by atoms with E-state index in [0.29, 0.717) is 15.7 Å². The number of halogens is 3. The number of benzene rings is 2. The average Bonchev–Trinajstić information content (AvgIpc) is 2.55. The summed E-state index contributed by atoms with van der Waals surface area (Å²) in [6, 6.07) is 14.0. The lowest BCUT2D eigenvalue weighted by molar-refractivity contribution is 0.0955. The van der Waals surface area contributed by atoms with Gasteiger partial charge in [0.15, 0.2) is 0 Å². The molecule has 1 aromatic heterocycles. The normalized spacial score (nSPS) is 11.1. The Hall–Kier alpha value is -2.14. The number of fused-ring (bicyclic) bond motifs is 1. The van der Waals surface area contributed by atoms with E-state index in [4.69, 9.17) is 34.8 Å². The van der Waals surface area contributed by atoms with E-state index in [2.05, 4.69) is 15.5 Å². The van der Waals surface area contributed by atoms with Crippen molar-refractivity contribution in [3.8, 4) is 0 Å². The Bertz CT molecular complexity index is 957. The summed E-state index contributed by atoms with van der Waals surface area (Å²) < 4.78 is 0. The number of aromatic nitrogens is 1. The van der Waals surface area contributed by atoms with Crippen LogP contribution in [0.5, 0.6) is 0 Å². The second kappa shape index (κ2) is 7.18. The monoisotopic (exact) mass is 377 g/mol. The zero-order valence-electron chi connectivity index (χ0n) is 12.1. The molecule has 4 nitrogen and oxygen atoms in total. The van der Waals surface area contributed by atoms with E-state index in [1.54, 1.807) is 6.07 Å². The Balaban J connectivity index is 1.78. The molecule has 1 heterocycles. The summed E-state index contributed by atoms with van der Waals surface area (Å²) in [6.07, 6.45) is 1.43. The van der Waals surface area contributed by atoms with Crippen molar-refractivity contribution in [3.63, 3.8) is 0 Å². The Morgan fingerprint density at radius 2 is 1.88 bits per heavy atom. The minimum absolute atomic E-state index is 0.251. The minimum Gasteiger partial charge on any atom is -0.267 e. The topological polar surface area (TPSA) is 54.4 Å². The van der Waals surface area contributed by atoms with Crippen molar-refractivity contribution in [2.24, 2.45) is 5.10 Å². The highest BCUT2D eigenvalue weighted by atomic mass is 35.5. The predicted octanol–water partition coefficient (Wildman–Crippen LogP) is 4.96. The molecule has 0 aliphatic rings. The largest absolute Gasteiger partial charge is 0.272 e. The molecular formula is C17H10Cl3N3O. The quantitative estimate of drug-likeness (QED) is 0.398. The Morgan fingerprint density at radius 3 is 2.67 bits per heavy atom. The van der Waals surface area contributed by atoms with Gasteiger partial charge < -0.3 is 0 Å². The molecule has 0 aliphatic heterocycles. The number of amides is 1. The van der Waals surface area contributed by atoms with Crippen molar-refractivity contribution < 1.29 is 4.79 Å². The highest BCUT2D eigenvalue weighted by Gasteiger charge is 2.10. The third-order valence-electron chi connectivity index (χ3n) is 3.25. The molecule has 1 N–H and O–H groups in total. The van der Waals surface area contributed by atoms with E-state index in [9.17, 15) is 4.79 Å². The molecule has 0 bridgehead atoms. The third kappa shape index (κ3) is 3.67. The van der Waals surface area contributed by atoms with Gasteiger partial charge >= 0.3 is 0 Å². The van der Waals surface area contributed by atoms with Crippen LogP contribution >= 0.6 is 34.8 Å². The molecular weight excluding hydrogens is 369 g/mol. The van der Waals surface area contributed by atoms with Gasteiger partial charge in [-0.2, -0.15) is 5.10 Å². The van der Waals surface area contributed by atoms with Crippen LogP contribution in [0, 0.1) is 0 Å². The van der Waals surface area contributed by atoms with Gasteiger partial charge in [0.05, 0.1) is 22.3 Å². The third-order valence-corrected chi connectivity index (χ3v) is 4.10. The van der Waals surface area contributed by atoms with Crippen LogP contribution in [0.4, 0.5) is 0 Å². The standard InChI is InChI=1S/C17H10Cl3N3O/c18-12-5-6-13(14(19)8-12)17(24)23-21-9-11-7-10-3-1-2-4-15(10)22-16(11)20/h1-9H,(H,23,24)/b21-9-. The summed E-state index contributed by atoms with van der Waals surface area (Å²) in [4.78, 5) is 16.3. The molecule has 0 saturated heterocycles. The molecule has 24 heavy (non-hydrogen) atoms. The molecule has 0 fully saturated rings. The Labute approximate surface area is 153 Å². The van der Waals surface area contributed by atoms with E-state index >= 15 is 0 Å². The van der Waals surface area contributed by atoms with Crippen molar-refractivity contribution in [1.29, 1.82) is 0 Å². The summed E-state index contributed by atoms with van der Waals surface area (Å²) in [7, 11) is 0. The van der Waals surface area contributed by atoms with Gasteiger partial charge in [0.25, 0.3) is 5.91 Å². The fourth-order valence-corrected chi connectivity index (χ4v) is 2.78. The molecule has 2 aromatic carbocycles. The summed E-state index contributed by atoms with van der Waals surface area (Å²) in [5, 5.41) is 5.84. The second-order valence-electron chi connectivity index (χ2n) is 4.88. The van der Waals surface area contributed by atoms with Crippen molar-refractivity contribution in [1.82, 2.24) is 10.4 Å². The minimum atomic E-state index is -0.446. The maximum absolute atomic E-state index is 12.1. The number of hydrogen-bond donors (Lipinski definition) is 1. The number of carbonyl (C=O) groups is 1. The van der Waals surface area contributed by atoms with E-state index in [1.807, 2.05) is 30.3 Å². The number of nitrogens with one attached hydrogen (secondary N) is 1. The molecule has 1 amide bonds. The van der Waals surface area contributed by atoms with Crippen LogP contribution in [0.1, 0.15) is 15.9 Å². The number of carbonyl (C=O) groups excluding carboxylic acids is 1. The van der Waals surface area contributed by atoms with Crippen LogP contribution in [-0.4, -0.2) is 17.1 Å². The fourth-order valence-electron chi connectivity index (χ4n) is 2.09. The van der Waals surface area contributed by atoms with Crippen molar-refractivity contribution in [3.05, 3.63) is 74.9 Å². The van der Waals surface area contributed by atoms with Crippen molar-refractivity contribution in [2.75, 3.05) is 0 Å². The maximum atomic E-state index is 12.1. The van der Waals surface area contributed by atoms with E-state index in [0.717, 1.165) is 10.9 Å². The highest BCUT2D eigenvalue weighted by Crippen LogP contribution is 2.21. The van der Waals surface area contributed by atoms with E-state index < -0.39 is 5.91 Å². The van der Waals surface area contributed by atoms with Crippen LogP contribution in [0.25, 0.3) is 10.9 Å². The number of hydrogen-bond acceptors (Lipinski definition) is 3. The molecule has 0 aliphatic carbocycles. The summed E-state index contributed by atoms with van der Waals surface area (Å²) >= 11 is 17.9. The predicted molar refractivity (Wildman–Crippen MR) is 98.3 cm³/mol. The molecule has 0 spiro atoms. The van der Waals surface area contributed by atoms with Gasteiger partial charge in [0, 0.05) is 16.0 Å². The lowest BCUT2D eigenvalue weighted by Crippen LogP contribution is -2.18. The summed E-state index contributed by atoms with van der Waals surface area (Å²) in [5.74, 6) is -0.446. The smallest absolute Gasteiger partial charge is 0.267 e. The van der Waals surface area contributed by atoms with Crippen molar-refractivity contribution >= 4 is 57.8 Å². The molecule has 0 unspecified atom stereocenters. The van der Waals surface area contributed by atoms with Gasteiger partial charge in [0.1, 0.15) is 5.15 Å². The van der Waals surface area contributed by atoms with E-state index in [-0.39, 0.29) is 10.6 Å². The first-order chi connectivity index (χ1) is 11.5. The maximum Gasteiger partial charge on any atom is 0.272 e. The lowest BCUT2D eigenvalue weighted by atomic mass is 10.2. The van der Waals surface area contributed by atoms with Crippen LogP contribution < -0.4 is 5.43 Å². The number of pyridine rings is 1. The number of para-hydroxylation sites is 1. The number of hydrazone groups is 1. The fraction of sp³-hybridized carbons (Fsp3) is 0. The van der Waals surface area contributed by atoms with Gasteiger partial charge in [-0.1, -0.05) is 53.0 Å². The average molecular weight is 379 g/mol. The van der Waals surface area contributed by atoms with Crippen LogP contribution in [0.15, 0.2) is 53.6 Å². The molecule has 0 radical (unpaired) electrons. The summed E-state index contributed by atoms with van der Waals surface area (Å²) in [5.41, 5.74) is 4.06. The zero-order valence-corrected chi connectivity index (χ0v) is 14.4. The second-order valence-corrected chi connectivity index (χ2v) is 6.09. The highest BCUT2D eigenvalue weighted by molar-refractivity contribution is 6.36. The number of rotatable bonds is 3. The first kappa shape index (κ1) is 16.7. The molecule has 0 atom stereocenters. The van der Waals surface area contributed by atoms with Gasteiger partial charge in [-0.05, 0) is 30.3 Å².